The van der Waals surface area contributed by atoms with Gasteiger partial charge in [0.15, 0.2) is 0 Å². The van der Waals surface area contributed by atoms with Crippen molar-refractivity contribution in [1.29, 1.82) is 0 Å². The van der Waals surface area contributed by atoms with Gasteiger partial charge >= 0.3 is 0 Å². The summed E-state index contributed by atoms with van der Waals surface area (Å²) in [6.45, 7) is 4.64. The average molecular weight is 143 g/mol. The Balaban J connectivity index is 2.16. The molecule has 1 aliphatic carbocycles. The van der Waals surface area contributed by atoms with Crippen molar-refractivity contribution in [3.63, 3.8) is 0 Å². The quantitative estimate of drug-likeness (QED) is 0.611. The maximum atomic E-state index is 8.83. The Bertz CT molecular complexity index is 101. The van der Waals surface area contributed by atoms with Gasteiger partial charge in [0, 0.05) is 18.7 Å². The van der Waals surface area contributed by atoms with Crippen LogP contribution in [0.4, 0.5) is 0 Å². The highest BCUT2D eigenvalue weighted by Gasteiger charge is 2.29. The first kappa shape index (κ1) is 8.02. The van der Waals surface area contributed by atoms with Gasteiger partial charge in [0.25, 0.3) is 0 Å². The fraction of sp³-hybridized carbons (Fsp3) is 1.00. The molecule has 10 heavy (non-hydrogen) atoms. The van der Waals surface area contributed by atoms with Crippen molar-refractivity contribution < 1.29 is 5.11 Å². The monoisotopic (exact) mass is 143 g/mol. The molecule has 0 spiro atoms. The van der Waals surface area contributed by atoms with Crippen LogP contribution in [0.25, 0.3) is 0 Å². The van der Waals surface area contributed by atoms with Crippen molar-refractivity contribution in [2.45, 2.75) is 38.8 Å². The molecule has 2 heteroatoms. The fourth-order valence-electron chi connectivity index (χ4n) is 1.44. The maximum Gasteiger partial charge on any atom is 0.0474 e. The van der Waals surface area contributed by atoms with Crippen LogP contribution >= 0.6 is 0 Å². The summed E-state index contributed by atoms with van der Waals surface area (Å²) in [5, 5.41) is 12.2. The van der Waals surface area contributed by atoms with E-state index in [1.807, 2.05) is 0 Å². The van der Waals surface area contributed by atoms with Crippen LogP contribution in [-0.2, 0) is 0 Å². The number of aliphatic hydroxyl groups excluding tert-OH is 1. The van der Waals surface area contributed by atoms with Gasteiger partial charge in [-0.15, -0.1) is 0 Å². The van der Waals surface area contributed by atoms with Crippen molar-refractivity contribution in [2.24, 2.45) is 5.92 Å². The predicted octanol–water partition coefficient (Wildman–Crippen LogP) is 0.755. The van der Waals surface area contributed by atoms with E-state index in [0.29, 0.717) is 24.6 Å². The number of hydrogen-bond donors (Lipinski definition) is 2. The van der Waals surface area contributed by atoms with Crippen molar-refractivity contribution in [1.82, 2.24) is 5.32 Å². The smallest absolute Gasteiger partial charge is 0.0474 e. The molecule has 2 N–H and O–H groups in total. The second kappa shape index (κ2) is 3.35. The molecule has 60 valence electrons. The van der Waals surface area contributed by atoms with Gasteiger partial charge in [0.1, 0.15) is 0 Å². The van der Waals surface area contributed by atoms with Crippen LogP contribution in [0.5, 0.6) is 0 Å². The lowest BCUT2D eigenvalue weighted by Crippen LogP contribution is -2.48. The number of rotatable bonds is 3. The van der Waals surface area contributed by atoms with Crippen LogP contribution in [-0.4, -0.2) is 23.8 Å². The Hall–Kier alpha value is -0.0800. The van der Waals surface area contributed by atoms with Gasteiger partial charge in [-0.3, -0.25) is 0 Å². The maximum absolute atomic E-state index is 8.83. The molecule has 0 aliphatic heterocycles. The Morgan fingerprint density at radius 1 is 1.50 bits per heavy atom. The molecule has 1 aliphatic rings. The normalized spacial score (nSPS) is 32.4. The first-order valence-corrected chi connectivity index (χ1v) is 4.11. The van der Waals surface area contributed by atoms with Gasteiger partial charge in [0.2, 0.25) is 0 Å². The molecule has 0 heterocycles. The van der Waals surface area contributed by atoms with Crippen LogP contribution in [0.2, 0.25) is 0 Å². The van der Waals surface area contributed by atoms with Gasteiger partial charge in [-0.1, -0.05) is 13.8 Å². The summed E-state index contributed by atoms with van der Waals surface area (Å²) < 4.78 is 0. The highest BCUT2D eigenvalue weighted by molar-refractivity contribution is 4.86. The molecule has 1 fully saturated rings. The van der Waals surface area contributed by atoms with Crippen molar-refractivity contribution in [2.75, 3.05) is 6.61 Å². The average Bonchev–Trinajstić information content (AvgIpc) is 1.82. The van der Waals surface area contributed by atoms with Crippen LogP contribution in [0.15, 0.2) is 0 Å². The summed E-state index contributed by atoms with van der Waals surface area (Å²) in [5.74, 6) is 0.530. The molecule has 0 aromatic carbocycles. The molecule has 0 unspecified atom stereocenters. The van der Waals surface area contributed by atoms with Crippen molar-refractivity contribution >= 4 is 0 Å². The summed E-state index contributed by atoms with van der Waals surface area (Å²) in [5.41, 5.74) is 0. The molecular weight excluding hydrogens is 126 g/mol. The zero-order valence-electron chi connectivity index (χ0n) is 6.80. The third-order valence-corrected chi connectivity index (χ3v) is 2.20. The third kappa shape index (κ3) is 1.70. The standard InChI is InChI=1S/C8H17NO/c1-6(2)9-8-4-3-7(8)5-10/h6-10H,3-5H2,1-2H3/t7-,8+/m0/s1. The lowest BCUT2D eigenvalue weighted by atomic mass is 9.80. The molecule has 2 nitrogen and oxygen atoms in total. The minimum atomic E-state index is 0.352. The molecule has 0 radical (unpaired) electrons. The third-order valence-electron chi connectivity index (χ3n) is 2.20. The summed E-state index contributed by atoms with van der Waals surface area (Å²) in [4.78, 5) is 0. The van der Waals surface area contributed by atoms with E-state index >= 15 is 0 Å². The van der Waals surface area contributed by atoms with E-state index in [1.54, 1.807) is 0 Å². The zero-order valence-corrected chi connectivity index (χ0v) is 6.80. The Morgan fingerprint density at radius 2 is 2.20 bits per heavy atom. The lowest BCUT2D eigenvalue weighted by molar-refractivity contribution is 0.111. The SMILES string of the molecule is CC(C)N[C@@H]1CC[C@H]1CO. The minimum absolute atomic E-state index is 0.352. The van der Waals surface area contributed by atoms with Crippen LogP contribution in [0.3, 0.4) is 0 Å². The van der Waals surface area contributed by atoms with E-state index in [1.165, 1.54) is 12.8 Å². The van der Waals surface area contributed by atoms with E-state index in [2.05, 4.69) is 19.2 Å². The predicted molar refractivity (Wildman–Crippen MR) is 41.9 cm³/mol. The summed E-state index contributed by atoms with van der Waals surface area (Å²) in [6.07, 6.45) is 2.43. The molecule has 0 amide bonds. The van der Waals surface area contributed by atoms with E-state index in [9.17, 15) is 0 Å². The molecule has 0 bridgehead atoms. The summed E-state index contributed by atoms with van der Waals surface area (Å²) in [6, 6.07) is 1.14. The summed E-state index contributed by atoms with van der Waals surface area (Å²) >= 11 is 0. The first-order valence-electron chi connectivity index (χ1n) is 4.11. The largest absolute Gasteiger partial charge is 0.396 e. The highest BCUT2D eigenvalue weighted by Crippen LogP contribution is 2.26. The van der Waals surface area contributed by atoms with Gasteiger partial charge in [-0.05, 0) is 18.8 Å². The summed E-state index contributed by atoms with van der Waals surface area (Å²) in [7, 11) is 0. The van der Waals surface area contributed by atoms with Crippen LogP contribution in [0.1, 0.15) is 26.7 Å². The molecule has 1 saturated carbocycles. The second-order valence-electron chi connectivity index (χ2n) is 3.45. The van der Waals surface area contributed by atoms with Gasteiger partial charge in [-0.2, -0.15) is 0 Å². The Labute approximate surface area is 62.6 Å². The van der Waals surface area contributed by atoms with E-state index in [-0.39, 0.29) is 0 Å². The minimum Gasteiger partial charge on any atom is -0.396 e. The molecule has 1 rings (SSSR count). The van der Waals surface area contributed by atoms with E-state index in [4.69, 9.17) is 5.11 Å². The molecule has 2 atom stereocenters. The fourth-order valence-corrected chi connectivity index (χ4v) is 1.44. The van der Waals surface area contributed by atoms with Crippen molar-refractivity contribution in [3.05, 3.63) is 0 Å². The number of nitrogens with one attached hydrogen (secondary N) is 1. The van der Waals surface area contributed by atoms with E-state index in [0.717, 1.165) is 0 Å². The Kier molecular flexibility index (Phi) is 2.69. The molecule has 0 aromatic rings. The molecular formula is C8H17NO. The Morgan fingerprint density at radius 3 is 2.50 bits per heavy atom. The van der Waals surface area contributed by atoms with Crippen molar-refractivity contribution in [3.8, 4) is 0 Å². The van der Waals surface area contributed by atoms with Gasteiger partial charge in [-0.25, -0.2) is 0 Å². The highest BCUT2D eigenvalue weighted by atomic mass is 16.3. The number of hydrogen-bond acceptors (Lipinski definition) is 2. The molecule has 0 saturated heterocycles. The zero-order chi connectivity index (χ0) is 7.56. The second-order valence-corrected chi connectivity index (χ2v) is 3.45. The first-order chi connectivity index (χ1) is 4.74. The van der Waals surface area contributed by atoms with Crippen LogP contribution in [0, 0.1) is 5.92 Å². The van der Waals surface area contributed by atoms with Gasteiger partial charge < -0.3 is 10.4 Å². The number of aliphatic hydroxyl groups is 1. The molecule has 0 aromatic heterocycles. The van der Waals surface area contributed by atoms with Gasteiger partial charge in [0.05, 0.1) is 0 Å². The topological polar surface area (TPSA) is 32.3 Å². The lowest BCUT2D eigenvalue weighted by Gasteiger charge is -2.37. The van der Waals surface area contributed by atoms with E-state index < -0.39 is 0 Å². The van der Waals surface area contributed by atoms with Crippen LogP contribution < -0.4 is 5.32 Å².